The lowest BCUT2D eigenvalue weighted by Gasteiger charge is -2.25. The number of aromatic nitrogens is 1. The Balaban J connectivity index is 1.81. The van der Waals surface area contributed by atoms with E-state index in [4.69, 9.17) is 11.5 Å². The Bertz CT molecular complexity index is 1460. The maximum Gasteiger partial charge on any atom is 0.326 e. The van der Waals surface area contributed by atoms with Gasteiger partial charge in [0.25, 0.3) is 0 Å². The van der Waals surface area contributed by atoms with Crippen molar-refractivity contribution >= 4 is 46.5 Å². The topological polar surface area (TPSA) is 247 Å². The first-order chi connectivity index (χ1) is 19.9. The number of primary amides is 1. The third-order valence-corrected chi connectivity index (χ3v) is 6.40. The number of hydrogen-bond donors (Lipinski definition) is 8. The van der Waals surface area contributed by atoms with Crippen molar-refractivity contribution in [3.8, 4) is 0 Å². The largest absolute Gasteiger partial charge is 0.481 e. The number of para-hydroxylation sites is 1. The molecule has 4 amide bonds. The molecule has 0 saturated heterocycles. The predicted molar refractivity (Wildman–Crippen MR) is 150 cm³/mol. The molecule has 42 heavy (non-hydrogen) atoms. The van der Waals surface area contributed by atoms with Gasteiger partial charge in [-0.25, -0.2) is 4.79 Å². The number of carboxylic acid groups (broad SMARTS) is 2. The maximum absolute atomic E-state index is 13.4. The minimum Gasteiger partial charge on any atom is -0.481 e. The number of H-pyrrole nitrogens is 1. The number of nitrogens with one attached hydrogen (secondary N) is 4. The number of carbonyl (C=O) groups excluding carboxylic acids is 4. The van der Waals surface area contributed by atoms with E-state index in [-0.39, 0.29) is 12.8 Å². The van der Waals surface area contributed by atoms with E-state index >= 15 is 0 Å². The van der Waals surface area contributed by atoms with E-state index in [0.29, 0.717) is 11.1 Å². The third-order valence-electron chi connectivity index (χ3n) is 6.40. The van der Waals surface area contributed by atoms with Gasteiger partial charge in [-0.05, 0) is 17.2 Å². The standard InChI is InChI=1S/C28H32N6O8/c29-18(12-23(30)35)25(38)32-21(13-24(36)37)27(40)33-20(10-15-6-2-1-3-7-15)26(39)34-22(28(41)42)11-16-14-31-19-9-5-4-8-17(16)19/h1-9,14,18,20-22,31H,10-13,29H2,(H2,30,35)(H,32,38)(H,33,40)(H,34,39)(H,36,37)(H,41,42). The second-order valence-corrected chi connectivity index (χ2v) is 9.65. The molecule has 0 spiro atoms. The van der Waals surface area contributed by atoms with Crippen molar-refractivity contribution in [3.63, 3.8) is 0 Å². The molecule has 0 aliphatic heterocycles. The summed E-state index contributed by atoms with van der Waals surface area (Å²) in [4.78, 5) is 76.7. The van der Waals surface area contributed by atoms with Gasteiger partial charge in [0.15, 0.2) is 0 Å². The van der Waals surface area contributed by atoms with Crippen LogP contribution in [0.25, 0.3) is 10.9 Å². The van der Waals surface area contributed by atoms with Gasteiger partial charge in [-0.2, -0.15) is 0 Å². The highest BCUT2D eigenvalue weighted by molar-refractivity contribution is 5.96. The molecule has 14 nitrogen and oxygen atoms in total. The number of benzene rings is 2. The molecular formula is C28H32N6O8. The molecule has 0 saturated carbocycles. The van der Waals surface area contributed by atoms with E-state index in [0.717, 1.165) is 10.9 Å². The molecule has 4 atom stereocenters. The van der Waals surface area contributed by atoms with Crippen LogP contribution in [0, 0.1) is 0 Å². The van der Waals surface area contributed by atoms with Crippen LogP contribution in [0.2, 0.25) is 0 Å². The van der Waals surface area contributed by atoms with Gasteiger partial charge in [-0.1, -0.05) is 48.5 Å². The molecule has 3 aromatic rings. The highest BCUT2D eigenvalue weighted by Gasteiger charge is 2.32. The molecule has 0 aliphatic rings. The first-order valence-electron chi connectivity index (χ1n) is 12.9. The number of amides is 4. The van der Waals surface area contributed by atoms with Gasteiger partial charge in [0.2, 0.25) is 23.6 Å². The quantitative estimate of drug-likeness (QED) is 0.112. The van der Waals surface area contributed by atoms with E-state index < -0.39 is 72.6 Å². The number of carbonyl (C=O) groups is 6. The van der Waals surface area contributed by atoms with Gasteiger partial charge in [-0.3, -0.25) is 24.0 Å². The summed E-state index contributed by atoms with van der Waals surface area (Å²) in [6, 6.07) is 9.97. The smallest absolute Gasteiger partial charge is 0.326 e. The van der Waals surface area contributed by atoms with Crippen LogP contribution in [0.15, 0.2) is 60.8 Å². The summed E-state index contributed by atoms with van der Waals surface area (Å²) in [5.74, 6) is -6.49. The van der Waals surface area contributed by atoms with Crippen molar-refractivity contribution in [3.05, 3.63) is 71.9 Å². The first kappa shape index (κ1) is 31.3. The fourth-order valence-corrected chi connectivity index (χ4v) is 4.30. The van der Waals surface area contributed by atoms with Crippen molar-refractivity contribution in [2.45, 2.75) is 49.9 Å². The summed E-state index contributed by atoms with van der Waals surface area (Å²) >= 11 is 0. The fourth-order valence-electron chi connectivity index (χ4n) is 4.30. The van der Waals surface area contributed by atoms with E-state index in [2.05, 4.69) is 20.9 Å². The van der Waals surface area contributed by atoms with Gasteiger partial charge < -0.3 is 42.6 Å². The summed E-state index contributed by atoms with van der Waals surface area (Å²) in [6.45, 7) is 0. The average molecular weight is 581 g/mol. The molecule has 1 aromatic heterocycles. The van der Waals surface area contributed by atoms with Crippen LogP contribution in [-0.4, -0.2) is 74.9 Å². The van der Waals surface area contributed by atoms with Gasteiger partial charge in [0, 0.05) is 29.9 Å². The SMILES string of the molecule is NC(=O)CC(N)C(=O)NC(CC(=O)O)C(=O)NC(Cc1ccccc1)C(=O)NC(Cc1c[nH]c2ccccc12)C(=O)O. The normalized spacial score (nSPS) is 13.7. The van der Waals surface area contributed by atoms with E-state index in [1.807, 2.05) is 18.2 Å². The van der Waals surface area contributed by atoms with E-state index in [1.165, 1.54) is 0 Å². The minimum absolute atomic E-state index is 0.0630. The average Bonchev–Trinajstić information content (AvgIpc) is 3.34. The highest BCUT2D eigenvalue weighted by Crippen LogP contribution is 2.19. The van der Waals surface area contributed by atoms with E-state index in [9.17, 15) is 39.0 Å². The number of aliphatic carboxylic acids is 2. The second-order valence-electron chi connectivity index (χ2n) is 9.65. The Morgan fingerprint density at radius 2 is 1.33 bits per heavy atom. The van der Waals surface area contributed by atoms with Crippen LogP contribution >= 0.6 is 0 Å². The highest BCUT2D eigenvalue weighted by atomic mass is 16.4. The number of carboxylic acids is 2. The second kappa shape index (κ2) is 14.4. The summed E-state index contributed by atoms with van der Waals surface area (Å²) in [6.07, 6.45) is 0.107. The van der Waals surface area contributed by atoms with Crippen LogP contribution in [0.4, 0.5) is 0 Å². The number of hydrogen-bond acceptors (Lipinski definition) is 7. The van der Waals surface area contributed by atoms with Crippen LogP contribution in [0.1, 0.15) is 24.0 Å². The zero-order valence-electron chi connectivity index (χ0n) is 22.4. The van der Waals surface area contributed by atoms with Gasteiger partial charge in [0.1, 0.15) is 18.1 Å². The lowest BCUT2D eigenvalue weighted by molar-refractivity contribution is -0.143. The molecule has 4 unspecified atom stereocenters. The van der Waals surface area contributed by atoms with E-state index in [1.54, 1.807) is 42.6 Å². The van der Waals surface area contributed by atoms with Crippen molar-refractivity contribution in [2.75, 3.05) is 0 Å². The molecule has 14 heteroatoms. The molecule has 3 rings (SSSR count). The lowest BCUT2D eigenvalue weighted by atomic mass is 10.0. The van der Waals surface area contributed by atoms with Crippen molar-refractivity contribution in [1.29, 1.82) is 0 Å². The molecule has 0 aliphatic carbocycles. The Morgan fingerprint density at radius 1 is 0.738 bits per heavy atom. The van der Waals surface area contributed by atoms with Crippen LogP contribution in [0.3, 0.4) is 0 Å². The summed E-state index contributed by atoms with van der Waals surface area (Å²) < 4.78 is 0. The molecule has 222 valence electrons. The number of rotatable bonds is 15. The van der Waals surface area contributed by atoms with Gasteiger partial charge in [0.05, 0.1) is 18.9 Å². The maximum atomic E-state index is 13.4. The number of nitrogens with two attached hydrogens (primary N) is 2. The zero-order chi connectivity index (χ0) is 30.8. The third kappa shape index (κ3) is 8.89. The molecule has 0 bridgehead atoms. The Labute approximate surface area is 239 Å². The molecule has 0 radical (unpaired) electrons. The number of aromatic amines is 1. The Kier molecular flexibility index (Phi) is 10.7. The lowest BCUT2D eigenvalue weighted by Crippen LogP contribution is -2.58. The van der Waals surface area contributed by atoms with Crippen LogP contribution in [-0.2, 0) is 41.6 Å². The first-order valence-corrected chi connectivity index (χ1v) is 12.9. The summed E-state index contributed by atoms with van der Waals surface area (Å²) in [5.41, 5.74) is 12.7. The van der Waals surface area contributed by atoms with Gasteiger partial charge >= 0.3 is 11.9 Å². The van der Waals surface area contributed by atoms with Crippen LogP contribution in [0.5, 0.6) is 0 Å². The van der Waals surface area contributed by atoms with Crippen molar-refractivity contribution in [1.82, 2.24) is 20.9 Å². The minimum atomic E-state index is -1.67. The zero-order valence-corrected chi connectivity index (χ0v) is 22.4. The predicted octanol–water partition coefficient (Wildman–Crippen LogP) is -0.830. The Morgan fingerprint density at radius 3 is 1.98 bits per heavy atom. The van der Waals surface area contributed by atoms with Gasteiger partial charge in [-0.15, -0.1) is 0 Å². The summed E-state index contributed by atoms with van der Waals surface area (Å²) in [5, 5.41) is 27.0. The monoisotopic (exact) mass is 580 g/mol. The van der Waals surface area contributed by atoms with Crippen molar-refractivity contribution in [2.24, 2.45) is 11.5 Å². The molecular weight excluding hydrogens is 548 g/mol. The Hall–Kier alpha value is -5.24. The fraction of sp³-hybridized carbons (Fsp3) is 0.286. The van der Waals surface area contributed by atoms with Crippen LogP contribution < -0.4 is 27.4 Å². The van der Waals surface area contributed by atoms with Crippen molar-refractivity contribution < 1.29 is 39.0 Å². The molecule has 10 N–H and O–H groups in total. The number of fused-ring (bicyclic) bond motifs is 1. The summed E-state index contributed by atoms with van der Waals surface area (Å²) in [7, 11) is 0. The molecule has 1 heterocycles. The molecule has 2 aromatic carbocycles. The molecule has 0 fully saturated rings.